The molecule has 0 aliphatic rings. The van der Waals surface area contributed by atoms with Crippen LogP contribution in [-0.4, -0.2) is 23.4 Å². The van der Waals surface area contributed by atoms with E-state index >= 15 is 0 Å². The van der Waals surface area contributed by atoms with Crippen LogP contribution in [0.25, 0.3) is 0 Å². The van der Waals surface area contributed by atoms with E-state index in [4.69, 9.17) is 0 Å². The van der Waals surface area contributed by atoms with E-state index in [-0.39, 0.29) is 0 Å². The molecule has 0 aliphatic carbocycles. The molecule has 0 aromatic heterocycles. The summed E-state index contributed by atoms with van der Waals surface area (Å²) in [6.45, 7) is 1.44. The molecule has 0 radical (unpaired) electrons. The minimum absolute atomic E-state index is 0.549. The molecule has 0 unspecified atom stereocenters. The van der Waals surface area contributed by atoms with Crippen LogP contribution in [0.3, 0.4) is 0 Å². The summed E-state index contributed by atoms with van der Waals surface area (Å²) in [5, 5.41) is 10.0. The smallest absolute Gasteiger partial charge is 0.165 e. The molecule has 0 fully saturated rings. The molecule has 1 rings (SSSR count). The van der Waals surface area contributed by atoms with E-state index in [1.54, 1.807) is 24.3 Å². The number of hydrogen-bond donors (Lipinski definition) is 1. The predicted octanol–water partition coefficient (Wildman–Crippen LogP) is 2.64. The van der Waals surface area contributed by atoms with Crippen molar-refractivity contribution in [2.75, 3.05) is 6.26 Å². The molecule has 2 atom stereocenters. The zero-order valence-corrected chi connectivity index (χ0v) is 12.8. The first kappa shape index (κ1) is 14.2. The van der Waals surface area contributed by atoms with Gasteiger partial charge in [0.05, 0.1) is 0 Å². The van der Waals surface area contributed by atoms with E-state index in [1.165, 1.54) is 6.92 Å². The topological polar surface area (TPSA) is 54.4 Å². The van der Waals surface area contributed by atoms with Gasteiger partial charge in [0.1, 0.15) is 6.10 Å². The van der Waals surface area contributed by atoms with Crippen LogP contribution >= 0.6 is 31.9 Å². The Bertz CT molecular complexity index is 465. The third-order valence-electron chi connectivity index (χ3n) is 2.40. The molecule has 6 heteroatoms. The Morgan fingerprint density at radius 1 is 1.31 bits per heavy atom. The number of halogens is 2. The van der Waals surface area contributed by atoms with E-state index in [0.29, 0.717) is 5.56 Å². The first-order chi connectivity index (χ1) is 7.16. The molecule has 90 valence electrons. The highest BCUT2D eigenvalue weighted by Crippen LogP contribution is 2.38. The Hall–Kier alpha value is 0.0900. The molecule has 3 nitrogen and oxygen atoms in total. The first-order valence-electron chi connectivity index (χ1n) is 4.48. The summed E-state index contributed by atoms with van der Waals surface area (Å²) in [6.07, 6.45) is -0.0281. The van der Waals surface area contributed by atoms with Crippen molar-refractivity contribution in [3.63, 3.8) is 0 Å². The molecular weight excluding hydrogens is 360 g/mol. The van der Waals surface area contributed by atoms with Crippen molar-refractivity contribution in [1.82, 2.24) is 0 Å². The van der Waals surface area contributed by atoms with Crippen molar-refractivity contribution in [1.29, 1.82) is 0 Å². The van der Waals surface area contributed by atoms with Gasteiger partial charge in [-0.3, -0.25) is 0 Å². The van der Waals surface area contributed by atoms with Crippen molar-refractivity contribution in [2.24, 2.45) is 0 Å². The maximum absolute atomic E-state index is 11.5. The molecule has 0 aliphatic heterocycles. The summed E-state index contributed by atoms with van der Waals surface area (Å²) in [5.74, 6) is 0. The van der Waals surface area contributed by atoms with Crippen LogP contribution in [0.2, 0.25) is 0 Å². The van der Waals surface area contributed by atoms with Crippen LogP contribution in [-0.2, 0) is 9.84 Å². The summed E-state index contributed by atoms with van der Waals surface area (Å²) in [6, 6.07) is 6.87. The second-order valence-electron chi connectivity index (χ2n) is 3.71. The molecule has 16 heavy (non-hydrogen) atoms. The van der Waals surface area contributed by atoms with Gasteiger partial charge in [-0.1, -0.05) is 44.0 Å². The minimum Gasteiger partial charge on any atom is -0.386 e. The lowest BCUT2D eigenvalue weighted by Crippen LogP contribution is -2.34. The molecule has 1 aromatic rings. The highest BCUT2D eigenvalue weighted by Gasteiger charge is 2.41. The summed E-state index contributed by atoms with van der Waals surface area (Å²) in [4.78, 5) is 0. The molecule has 0 saturated carbocycles. The van der Waals surface area contributed by atoms with Crippen molar-refractivity contribution in [2.45, 2.75) is 16.7 Å². The Morgan fingerprint density at radius 2 is 1.75 bits per heavy atom. The van der Waals surface area contributed by atoms with Crippen molar-refractivity contribution < 1.29 is 13.5 Å². The molecule has 1 aromatic carbocycles. The van der Waals surface area contributed by atoms with Crippen LogP contribution in [0, 0.1) is 0 Å². The number of sulfone groups is 1. The third-order valence-corrected chi connectivity index (χ3v) is 6.80. The lowest BCUT2D eigenvalue weighted by molar-refractivity contribution is 0.168. The molecule has 1 N–H and O–H groups in total. The van der Waals surface area contributed by atoms with Gasteiger partial charge in [0.15, 0.2) is 13.5 Å². The van der Waals surface area contributed by atoms with Crippen LogP contribution < -0.4 is 0 Å². The van der Waals surface area contributed by atoms with Crippen LogP contribution in [0.1, 0.15) is 18.6 Å². The maximum atomic E-state index is 11.5. The highest BCUT2D eigenvalue weighted by atomic mass is 79.9. The summed E-state index contributed by atoms with van der Waals surface area (Å²) < 4.78 is 22.5. The average Bonchev–Trinajstić information content (AvgIpc) is 2.16. The quantitative estimate of drug-likeness (QED) is 0.831. The van der Waals surface area contributed by atoms with E-state index in [1.807, 2.05) is 0 Å². The van der Waals surface area contributed by atoms with Gasteiger partial charge in [-0.2, -0.15) is 0 Å². The van der Waals surface area contributed by atoms with Gasteiger partial charge >= 0.3 is 0 Å². The second-order valence-corrected chi connectivity index (χ2v) is 9.19. The fourth-order valence-corrected chi connectivity index (χ4v) is 2.22. The van der Waals surface area contributed by atoms with E-state index < -0.39 is 19.6 Å². The molecule has 0 amide bonds. The summed E-state index contributed by atoms with van der Waals surface area (Å²) in [7, 11) is -3.40. The highest BCUT2D eigenvalue weighted by molar-refractivity contribution is 9.11. The molecule has 0 saturated heterocycles. The number of rotatable bonds is 3. The predicted molar refractivity (Wildman–Crippen MR) is 71.3 cm³/mol. The van der Waals surface area contributed by atoms with Gasteiger partial charge in [-0.25, -0.2) is 8.42 Å². The van der Waals surface area contributed by atoms with E-state index in [9.17, 15) is 13.5 Å². The third kappa shape index (κ3) is 2.85. The summed E-state index contributed by atoms with van der Waals surface area (Å²) in [5.41, 5.74) is 0.549. The van der Waals surface area contributed by atoms with Crippen LogP contribution in [0.5, 0.6) is 0 Å². The number of benzene rings is 1. The normalized spacial score (nSPS) is 17.8. The Morgan fingerprint density at radius 3 is 2.12 bits per heavy atom. The van der Waals surface area contributed by atoms with E-state index in [0.717, 1.165) is 10.7 Å². The van der Waals surface area contributed by atoms with Crippen LogP contribution in [0.4, 0.5) is 0 Å². The number of aliphatic hydroxyl groups is 1. The Balaban J connectivity index is 3.12. The number of aliphatic hydroxyl groups excluding tert-OH is 1. The fourth-order valence-electron chi connectivity index (χ4n) is 1.15. The van der Waals surface area contributed by atoms with Gasteiger partial charge < -0.3 is 5.11 Å². The van der Waals surface area contributed by atoms with Gasteiger partial charge in [-0.05, 0) is 24.6 Å². The largest absolute Gasteiger partial charge is 0.386 e. The van der Waals surface area contributed by atoms with Gasteiger partial charge in [0, 0.05) is 10.7 Å². The maximum Gasteiger partial charge on any atom is 0.165 e. The lowest BCUT2D eigenvalue weighted by Gasteiger charge is -2.26. The summed E-state index contributed by atoms with van der Waals surface area (Å²) >= 11 is 6.35. The van der Waals surface area contributed by atoms with Crippen molar-refractivity contribution in [3.8, 4) is 0 Å². The van der Waals surface area contributed by atoms with Crippen molar-refractivity contribution in [3.05, 3.63) is 34.3 Å². The van der Waals surface area contributed by atoms with Crippen LogP contribution in [0.15, 0.2) is 28.7 Å². The minimum atomic E-state index is -3.40. The zero-order chi connectivity index (χ0) is 12.6. The zero-order valence-electron chi connectivity index (χ0n) is 8.81. The molecule has 0 heterocycles. The average molecular weight is 372 g/mol. The lowest BCUT2D eigenvalue weighted by atomic mass is 10.1. The monoisotopic (exact) mass is 370 g/mol. The van der Waals surface area contributed by atoms with Gasteiger partial charge in [0.2, 0.25) is 0 Å². The van der Waals surface area contributed by atoms with Gasteiger partial charge in [0.25, 0.3) is 0 Å². The molecular formula is C10H12Br2O3S. The number of alkyl halides is 1. The fraction of sp³-hybridized carbons (Fsp3) is 0.400. The molecule has 0 spiro atoms. The first-order valence-corrected chi connectivity index (χ1v) is 7.96. The number of hydrogen-bond acceptors (Lipinski definition) is 3. The Labute approximate surface area is 112 Å². The second kappa shape index (κ2) is 4.76. The van der Waals surface area contributed by atoms with Crippen molar-refractivity contribution >= 4 is 41.7 Å². The van der Waals surface area contributed by atoms with E-state index in [2.05, 4.69) is 31.9 Å². The SMILES string of the molecule is C[C@](Br)([C@@H](O)c1ccc(Br)cc1)S(C)(=O)=O. The Kier molecular flexibility index (Phi) is 4.21. The van der Waals surface area contributed by atoms with Gasteiger partial charge in [-0.15, -0.1) is 0 Å². The molecule has 0 bridgehead atoms. The standard InChI is InChI=1S/C10H12Br2O3S/c1-10(12,16(2,14)15)9(13)7-3-5-8(11)6-4-7/h3-6,9,13H,1-2H3/t9-,10+/m0/s1.